The first kappa shape index (κ1) is 13.5. The molecule has 1 heterocycles. The molecule has 0 bridgehead atoms. The molecular formula is C14H14N2O2S. The molecule has 0 atom stereocenters. The van der Waals surface area contributed by atoms with Crippen LogP contribution < -0.4 is 5.32 Å². The van der Waals surface area contributed by atoms with Crippen molar-refractivity contribution in [1.29, 1.82) is 0 Å². The van der Waals surface area contributed by atoms with Gasteiger partial charge in [0.05, 0.1) is 17.3 Å². The van der Waals surface area contributed by atoms with Crippen molar-refractivity contribution < 1.29 is 9.90 Å². The molecule has 4 nitrogen and oxygen atoms in total. The number of rotatable bonds is 4. The molecule has 0 spiro atoms. The maximum absolute atomic E-state index is 11.8. The normalized spacial score (nSPS) is 10.8. The maximum Gasteiger partial charge on any atom is 0.248 e. The number of para-hydroxylation sites is 1. The van der Waals surface area contributed by atoms with Gasteiger partial charge in [0.2, 0.25) is 5.91 Å². The van der Waals surface area contributed by atoms with Crippen molar-refractivity contribution >= 4 is 29.0 Å². The van der Waals surface area contributed by atoms with Crippen LogP contribution >= 0.6 is 11.3 Å². The molecule has 19 heavy (non-hydrogen) atoms. The van der Waals surface area contributed by atoms with Crippen LogP contribution in [0, 0.1) is 6.92 Å². The smallest absolute Gasteiger partial charge is 0.248 e. The third-order valence-electron chi connectivity index (χ3n) is 2.49. The summed E-state index contributed by atoms with van der Waals surface area (Å²) in [5.41, 5.74) is 2.08. The van der Waals surface area contributed by atoms with Gasteiger partial charge in [-0.2, -0.15) is 0 Å². The SMILES string of the molecule is Cc1nc(C=CC(=O)Nc2ccccc2CO)cs1. The first-order valence-corrected chi connectivity index (χ1v) is 6.67. The molecule has 1 aromatic heterocycles. The van der Waals surface area contributed by atoms with E-state index in [-0.39, 0.29) is 12.5 Å². The number of aliphatic hydroxyl groups is 1. The number of carbonyl (C=O) groups excluding carboxylic acids is 1. The van der Waals surface area contributed by atoms with Crippen LogP contribution in [0.15, 0.2) is 35.7 Å². The number of anilines is 1. The zero-order valence-corrected chi connectivity index (χ0v) is 11.3. The van der Waals surface area contributed by atoms with E-state index in [0.29, 0.717) is 11.3 Å². The molecule has 5 heteroatoms. The van der Waals surface area contributed by atoms with Gasteiger partial charge >= 0.3 is 0 Å². The summed E-state index contributed by atoms with van der Waals surface area (Å²) in [5, 5.41) is 14.7. The van der Waals surface area contributed by atoms with Crippen LogP contribution in [0.1, 0.15) is 16.3 Å². The summed E-state index contributed by atoms with van der Waals surface area (Å²) in [6.07, 6.45) is 3.10. The molecule has 0 saturated carbocycles. The van der Waals surface area contributed by atoms with Crippen LogP contribution in [0.5, 0.6) is 0 Å². The molecule has 0 aliphatic heterocycles. The molecule has 0 aliphatic rings. The Morgan fingerprint density at radius 2 is 2.26 bits per heavy atom. The van der Waals surface area contributed by atoms with E-state index in [1.54, 1.807) is 18.2 Å². The zero-order chi connectivity index (χ0) is 13.7. The van der Waals surface area contributed by atoms with Gasteiger partial charge < -0.3 is 10.4 Å². The number of nitrogens with zero attached hydrogens (tertiary/aromatic N) is 1. The van der Waals surface area contributed by atoms with E-state index in [2.05, 4.69) is 10.3 Å². The Balaban J connectivity index is 2.03. The van der Waals surface area contributed by atoms with Gasteiger partial charge in [-0.05, 0) is 19.1 Å². The first-order chi connectivity index (χ1) is 9.19. The van der Waals surface area contributed by atoms with Crippen LogP contribution in [0.3, 0.4) is 0 Å². The van der Waals surface area contributed by atoms with Gasteiger partial charge in [0.1, 0.15) is 0 Å². The fraction of sp³-hybridized carbons (Fsp3) is 0.143. The Bertz CT molecular complexity index is 605. The summed E-state index contributed by atoms with van der Waals surface area (Å²) in [7, 11) is 0. The number of nitrogens with one attached hydrogen (secondary N) is 1. The van der Waals surface area contributed by atoms with Gasteiger partial charge in [-0.25, -0.2) is 4.98 Å². The number of aryl methyl sites for hydroxylation is 1. The summed E-state index contributed by atoms with van der Waals surface area (Å²) in [4.78, 5) is 16.0. The predicted molar refractivity (Wildman–Crippen MR) is 76.9 cm³/mol. The van der Waals surface area contributed by atoms with E-state index in [9.17, 15) is 4.79 Å². The van der Waals surface area contributed by atoms with Crippen LogP contribution in [0.4, 0.5) is 5.69 Å². The number of hydrogen-bond acceptors (Lipinski definition) is 4. The summed E-state index contributed by atoms with van der Waals surface area (Å²) in [6.45, 7) is 1.81. The van der Waals surface area contributed by atoms with E-state index < -0.39 is 0 Å². The highest BCUT2D eigenvalue weighted by Gasteiger charge is 2.03. The Kier molecular flexibility index (Phi) is 4.43. The largest absolute Gasteiger partial charge is 0.392 e. The Hall–Kier alpha value is -1.98. The lowest BCUT2D eigenvalue weighted by molar-refractivity contribution is -0.111. The third-order valence-corrected chi connectivity index (χ3v) is 3.28. The van der Waals surface area contributed by atoms with Gasteiger partial charge in [-0.1, -0.05) is 18.2 Å². The van der Waals surface area contributed by atoms with Crippen molar-refractivity contribution in [1.82, 2.24) is 4.98 Å². The lowest BCUT2D eigenvalue weighted by Gasteiger charge is -2.06. The topological polar surface area (TPSA) is 62.2 Å². The molecule has 0 aliphatic carbocycles. The van der Waals surface area contributed by atoms with Crippen molar-refractivity contribution in [2.24, 2.45) is 0 Å². The van der Waals surface area contributed by atoms with Gasteiger partial charge in [-0.15, -0.1) is 11.3 Å². The number of hydrogen-bond donors (Lipinski definition) is 2. The van der Waals surface area contributed by atoms with E-state index in [1.165, 1.54) is 17.4 Å². The molecule has 2 rings (SSSR count). The van der Waals surface area contributed by atoms with E-state index in [1.807, 2.05) is 24.4 Å². The van der Waals surface area contributed by atoms with Crippen LogP contribution in [0.2, 0.25) is 0 Å². The molecule has 98 valence electrons. The van der Waals surface area contributed by atoms with Crippen molar-refractivity contribution in [3.05, 3.63) is 52.0 Å². The molecule has 2 aromatic rings. The van der Waals surface area contributed by atoms with Gasteiger partial charge in [0.25, 0.3) is 0 Å². The Labute approximate surface area is 115 Å². The summed E-state index contributed by atoms with van der Waals surface area (Å²) in [5.74, 6) is -0.244. The number of benzene rings is 1. The average Bonchev–Trinajstić information content (AvgIpc) is 2.83. The zero-order valence-electron chi connectivity index (χ0n) is 10.5. The molecule has 0 fully saturated rings. The van der Waals surface area contributed by atoms with E-state index in [0.717, 1.165) is 10.7 Å². The van der Waals surface area contributed by atoms with Crippen molar-refractivity contribution in [2.75, 3.05) is 5.32 Å². The van der Waals surface area contributed by atoms with Crippen molar-refractivity contribution in [2.45, 2.75) is 13.5 Å². The number of thiazole rings is 1. The standard InChI is InChI=1S/C14H14N2O2S/c1-10-15-12(9-19-10)6-7-14(18)16-13-5-3-2-4-11(13)8-17/h2-7,9,17H,8H2,1H3,(H,16,18). The van der Waals surface area contributed by atoms with Gasteiger partial charge in [0, 0.05) is 22.7 Å². The minimum absolute atomic E-state index is 0.106. The monoisotopic (exact) mass is 274 g/mol. The van der Waals surface area contributed by atoms with E-state index in [4.69, 9.17) is 5.11 Å². The number of aromatic nitrogens is 1. The highest BCUT2D eigenvalue weighted by Crippen LogP contribution is 2.15. The van der Waals surface area contributed by atoms with E-state index >= 15 is 0 Å². The molecule has 0 radical (unpaired) electrons. The average molecular weight is 274 g/mol. The highest BCUT2D eigenvalue weighted by molar-refractivity contribution is 7.09. The summed E-state index contributed by atoms with van der Waals surface area (Å²) in [6, 6.07) is 7.14. The highest BCUT2D eigenvalue weighted by atomic mass is 32.1. The van der Waals surface area contributed by atoms with Crippen molar-refractivity contribution in [3.63, 3.8) is 0 Å². The summed E-state index contributed by atoms with van der Waals surface area (Å²) >= 11 is 1.54. The lowest BCUT2D eigenvalue weighted by atomic mass is 10.2. The second kappa shape index (κ2) is 6.26. The molecule has 0 unspecified atom stereocenters. The van der Waals surface area contributed by atoms with Crippen molar-refractivity contribution in [3.8, 4) is 0 Å². The Morgan fingerprint density at radius 3 is 2.95 bits per heavy atom. The molecule has 2 N–H and O–H groups in total. The van der Waals surface area contributed by atoms with Crippen LogP contribution in [0.25, 0.3) is 6.08 Å². The van der Waals surface area contributed by atoms with Gasteiger partial charge in [-0.3, -0.25) is 4.79 Å². The second-order valence-electron chi connectivity index (χ2n) is 3.93. The fourth-order valence-electron chi connectivity index (χ4n) is 1.57. The summed E-state index contributed by atoms with van der Waals surface area (Å²) < 4.78 is 0. The molecule has 1 amide bonds. The molecule has 0 saturated heterocycles. The minimum atomic E-state index is -0.244. The van der Waals surface area contributed by atoms with Crippen LogP contribution in [-0.4, -0.2) is 16.0 Å². The molecule has 1 aromatic carbocycles. The number of carbonyl (C=O) groups is 1. The van der Waals surface area contributed by atoms with Crippen LogP contribution in [-0.2, 0) is 11.4 Å². The number of amides is 1. The quantitative estimate of drug-likeness (QED) is 0.842. The first-order valence-electron chi connectivity index (χ1n) is 5.79. The maximum atomic E-state index is 11.8. The Morgan fingerprint density at radius 1 is 1.47 bits per heavy atom. The minimum Gasteiger partial charge on any atom is -0.392 e. The fourth-order valence-corrected chi connectivity index (χ4v) is 2.15. The second-order valence-corrected chi connectivity index (χ2v) is 4.99. The third kappa shape index (κ3) is 3.74. The molecular weight excluding hydrogens is 260 g/mol. The number of aliphatic hydroxyl groups excluding tert-OH is 1. The lowest BCUT2D eigenvalue weighted by Crippen LogP contribution is -2.09. The van der Waals surface area contributed by atoms with Gasteiger partial charge in [0.15, 0.2) is 0 Å². The predicted octanol–water partition coefficient (Wildman–Crippen LogP) is 2.60.